The van der Waals surface area contributed by atoms with Crippen LogP contribution in [0, 0.1) is 0 Å². The van der Waals surface area contributed by atoms with Gasteiger partial charge >= 0.3 is 0 Å². The first kappa shape index (κ1) is 10.8. The van der Waals surface area contributed by atoms with E-state index in [2.05, 4.69) is 0 Å². The van der Waals surface area contributed by atoms with Gasteiger partial charge in [-0.3, -0.25) is 4.79 Å². The Balaban J connectivity index is 0.000000963. The molecule has 3 nitrogen and oxygen atoms in total. The van der Waals surface area contributed by atoms with Gasteiger partial charge in [-0.1, -0.05) is 18.2 Å². The van der Waals surface area contributed by atoms with Crippen LogP contribution in [-0.4, -0.2) is 17.4 Å². The van der Waals surface area contributed by atoms with E-state index < -0.39 is 0 Å². The van der Waals surface area contributed by atoms with Crippen LogP contribution in [0.2, 0.25) is 0 Å². The lowest BCUT2D eigenvalue weighted by Gasteiger charge is -2.14. The number of ether oxygens (including phenoxy) is 1. The van der Waals surface area contributed by atoms with Gasteiger partial charge in [-0.25, -0.2) is 0 Å². The predicted octanol–water partition coefficient (Wildman–Crippen LogP) is 2.35. The van der Waals surface area contributed by atoms with E-state index in [-0.39, 0.29) is 18.3 Å². The largest absolute Gasteiger partial charge is 0.462 e. The molecular weight excluding hydrogens is 226 g/mol. The molecule has 0 spiro atoms. The minimum Gasteiger partial charge on any atom is -0.462 e. The molecule has 1 aromatic rings. The molecule has 0 atom stereocenters. The zero-order valence-electron chi connectivity index (χ0n) is 8.42. The third-order valence-corrected chi connectivity index (χ3v) is 2.56. The second-order valence-corrected chi connectivity index (χ2v) is 3.47. The molecule has 16 heavy (non-hydrogen) atoms. The zero-order valence-corrected chi connectivity index (χ0v) is 9.24. The molecule has 1 aromatic carbocycles. The Morgan fingerprint density at radius 2 is 2.06 bits per heavy atom. The molecule has 0 saturated carbocycles. The Labute approximate surface area is 99.4 Å². The van der Waals surface area contributed by atoms with Gasteiger partial charge in [0.2, 0.25) is 0 Å². The summed E-state index contributed by atoms with van der Waals surface area (Å²) in [4.78, 5) is 13.8. The molecule has 0 aromatic heterocycles. The molecular formula is C12H10ClNO2. The fourth-order valence-corrected chi connectivity index (χ4v) is 1.79. The van der Waals surface area contributed by atoms with Crippen molar-refractivity contribution in [2.45, 2.75) is 0 Å². The van der Waals surface area contributed by atoms with E-state index >= 15 is 0 Å². The molecule has 82 valence electrons. The van der Waals surface area contributed by atoms with Crippen molar-refractivity contribution in [1.82, 2.24) is 4.90 Å². The lowest BCUT2D eigenvalue weighted by molar-refractivity contribution is 0.0832. The van der Waals surface area contributed by atoms with Crippen molar-refractivity contribution >= 4 is 18.3 Å². The first-order valence-electron chi connectivity index (χ1n) is 4.80. The maximum atomic E-state index is 12.1. The molecule has 0 radical (unpaired) electrons. The maximum Gasteiger partial charge on any atom is 0.262 e. The average molecular weight is 236 g/mol. The fourth-order valence-electron chi connectivity index (χ4n) is 1.79. The number of benzene rings is 1. The van der Waals surface area contributed by atoms with E-state index in [4.69, 9.17) is 4.74 Å². The quantitative estimate of drug-likeness (QED) is 0.691. The first-order valence-corrected chi connectivity index (χ1v) is 4.80. The number of hydrogen-bond acceptors (Lipinski definition) is 2. The zero-order chi connectivity index (χ0) is 10.3. The van der Waals surface area contributed by atoms with Crippen molar-refractivity contribution in [3.63, 3.8) is 0 Å². The van der Waals surface area contributed by atoms with Gasteiger partial charge in [0.25, 0.3) is 5.91 Å². The molecule has 1 amide bonds. The van der Waals surface area contributed by atoms with Crippen molar-refractivity contribution in [1.29, 1.82) is 0 Å². The molecule has 0 aliphatic carbocycles. The van der Waals surface area contributed by atoms with Crippen LogP contribution in [0.4, 0.5) is 0 Å². The lowest BCUT2D eigenvalue weighted by Crippen LogP contribution is -2.25. The summed E-state index contributed by atoms with van der Waals surface area (Å²) in [7, 11) is 0. The predicted molar refractivity (Wildman–Crippen MR) is 62.6 cm³/mol. The van der Waals surface area contributed by atoms with E-state index in [0.717, 1.165) is 5.70 Å². The molecule has 0 unspecified atom stereocenters. The number of carbonyl (C=O) groups excluding carboxylic acids is 1. The van der Waals surface area contributed by atoms with Crippen LogP contribution < -0.4 is 4.74 Å². The molecule has 2 aliphatic heterocycles. The Bertz CT molecular complexity index is 494. The molecule has 0 N–H and O–H groups in total. The Morgan fingerprint density at radius 3 is 2.94 bits per heavy atom. The smallest absolute Gasteiger partial charge is 0.262 e. The number of rotatable bonds is 0. The van der Waals surface area contributed by atoms with Gasteiger partial charge in [-0.15, -0.1) is 12.4 Å². The van der Waals surface area contributed by atoms with Crippen molar-refractivity contribution in [2.24, 2.45) is 0 Å². The second kappa shape index (κ2) is 4.02. The summed E-state index contributed by atoms with van der Waals surface area (Å²) in [6.45, 7) is 0.627. The van der Waals surface area contributed by atoms with E-state index in [1.54, 1.807) is 23.3 Å². The molecule has 3 rings (SSSR count). The van der Waals surface area contributed by atoms with E-state index in [9.17, 15) is 4.79 Å². The van der Waals surface area contributed by atoms with Gasteiger partial charge in [0.1, 0.15) is 12.0 Å². The second-order valence-electron chi connectivity index (χ2n) is 3.47. The summed E-state index contributed by atoms with van der Waals surface area (Å²) >= 11 is 0. The number of allylic oxidation sites excluding steroid dienone is 1. The third kappa shape index (κ3) is 1.49. The highest BCUT2D eigenvalue weighted by Crippen LogP contribution is 2.27. The van der Waals surface area contributed by atoms with Gasteiger partial charge in [0.05, 0.1) is 11.3 Å². The van der Waals surface area contributed by atoms with Crippen molar-refractivity contribution in [3.8, 4) is 5.75 Å². The highest BCUT2D eigenvalue weighted by molar-refractivity contribution is 5.99. The molecule has 2 heterocycles. The summed E-state index contributed by atoms with van der Waals surface area (Å²) in [5.41, 5.74) is 1.43. The normalized spacial score (nSPS) is 16.6. The third-order valence-electron chi connectivity index (χ3n) is 2.56. The summed E-state index contributed by atoms with van der Waals surface area (Å²) < 4.78 is 5.46. The Kier molecular flexibility index (Phi) is 2.71. The van der Waals surface area contributed by atoms with Gasteiger partial charge in [0, 0.05) is 6.54 Å². The van der Waals surface area contributed by atoms with Gasteiger partial charge in [-0.2, -0.15) is 0 Å². The topological polar surface area (TPSA) is 29.5 Å². The monoisotopic (exact) mass is 235 g/mol. The molecule has 0 saturated heterocycles. The fraction of sp³-hybridized carbons (Fsp3) is 0.0833. The Hall–Kier alpha value is -1.74. The molecule has 2 aliphatic rings. The maximum absolute atomic E-state index is 12.1. The number of fused-ring (bicyclic) bond motifs is 2. The first-order chi connectivity index (χ1) is 7.36. The summed E-state index contributed by atoms with van der Waals surface area (Å²) in [5, 5.41) is 0. The summed E-state index contributed by atoms with van der Waals surface area (Å²) in [6.07, 6.45) is 5.46. The van der Waals surface area contributed by atoms with E-state index in [1.165, 1.54) is 0 Å². The van der Waals surface area contributed by atoms with Crippen LogP contribution in [0.5, 0.6) is 5.75 Å². The standard InChI is InChI=1S/C12H9NO2.ClH/c14-12-10-5-1-2-6-11(10)15-8-9-4-3-7-13(9)12;/h1-6,8H,7H2;1H. The van der Waals surface area contributed by atoms with E-state index in [0.29, 0.717) is 17.9 Å². The van der Waals surface area contributed by atoms with Gasteiger partial charge in [0.15, 0.2) is 0 Å². The summed E-state index contributed by atoms with van der Waals surface area (Å²) in [6, 6.07) is 7.29. The van der Waals surface area contributed by atoms with Crippen LogP contribution in [0.15, 0.2) is 48.4 Å². The molecule has 0 fully saturated rings. The molecule has 4 heteroatoms. The Morgan fingerprint density at radius 1 is 1.25 bits per heavy atom. The lowest BCUT2D eigenvalue weighted by atomic mass is 10.2. The average Bonchev–Trinajstić information content (AvgIpc) is 2.69. The SMILES string of the molecule is Cl.O=C1c2ccccc2OC=C2C=CCN12. The highest BCUT2D eigenvalue weighted by atomic mass is 35.5. The number of nitrogens with zero attached hydrogens (tertiary/aromatic N) is 1. The minimum atomic E-state index is -0.000602. The number of para-hydroxylation sites is 1. The van der Waals surface area contributed by atoms with Gasteiger partial charge in [-0.05, 0) is 18.2 Å². The molecule has 0 bridgehead atoms. The minimum absolute atomic E-state index is 0. The van der Waals surface area contributed by atoms with Crippen molar-refractivity contribution < 1.29 is 9.53 Å². The van der Waals surface area contributed by atoms with Crippen LogP contribution in [0.3, 0.4) is 0 Å². The van der Waals surface area contributed by atoms with E-state index in [1.807, 2.05) is 24.3 Å². The number of hydrogen-bond donors (Lipinski definition) is 0. The number of amides is 1. The highest BCUT2D eigenvalue weighted by Gasteiger charge is 2.26. The van der Waals surface area contributed by atoms with Crippen molar-refractivity contribution in [2.75, 3.05) is 6.54 Å². The van der Waals surface area contributed by atoms with Crippen LogP contribution in [0.1, 0.15) is 10.4 Å². The van der Waals surface area contributed by atoms with Crippen LogP contribution >= 0.6 is 12.4 Å². The van der Waals surface area contributed by atoms with Gasteiger partial charge < -0.3 is 9.64 Å². The van der Waals surface area contributed by atoms with Crippen LogP contribution in [0.25, 0.3) is 0 Å². The summed E-state index contributed by atoms with van der Waals surface area (Å²) in [5.74, 6) is 0.622. The number of carbonyl (C=O) groups is 1. The van der Waals surface area contributed by atoms with Crippen molar-refractivity contribution in [3.05, 3.63) is 53.9 Å². The van der Waals surface area contributed by atoms with Crippen LogP contribution in [-0.2, 0) is 0 Å². The number of halogens is 1.